The van der Waals surface area contributed by atoms with Crippen LogP contribution in [0.25, 0.3) is 24.0 Å². The van der Waals surface area contributed by atoms with Crippen molar-refractivity contribution in [2.24, 2.45) is 9.98 Å². The number of aryl methyl sites for hydroxylation is 1. The molecular formula is C22H18N4O2. The van der Waals surface area contributed by atoms with E-state index in [1.807, 2.05) is 10.6 Å². The number of carbonyl (C=O) groups is 1. The number of hydrogen-bond donors (Lipinski definition) is 0. The van der Waals surface area contributed by atoms with Crippen LogP contribution in [-0.2, 0) is 16.0 Å². The maximum absolute atomic E-state index is 11.8. The average molecular weight is 370 g/mol. The first-order chi connectivity index (χ1) is 13.8. The van der Waals surface area contributed by atoms with Gasteiger partial charge in [0.15, 0.2) is 11.3 Å². The van der Waals surface area contributed by atoms with E-state index in [0.29, 0.717) is 6.61 Å². The Balaban J connectivity index is 1.63. The molecule has 0 unspecified atom stereocenters. The fraction of sp³-hybridized carbons (Fsp3) is 0.182. The SMILES string of the molecule is O=C1C=N/C=c2/cc3c(n2/C=C2/CC=Cc4ccc(nc42)CCCO/C=C\1)=N3. The summed E-state index contributed by atoms with van der Waals surface area (Å²) in [4.78, 5) is 25.3. The summed E-state index contributed by atoms with van der Waals surface area (Å²) in [5, 5.41) is 0.883. The third-order valence-corrected chi connectivity index (χ3v) is 4.84. The molecule has 0 fully saturated rings. The predicted molar refractivity (Wildman–Crippen MR) is 108 cm³/mol. The Hall–Kier alpha value is -3.54. The zero-order valence-corrected chi connectivity index (χ0v) is 15.2. The van der Waals surface area contributed by atoms with Crippen molar-refractivity contribution in [2.45, 2.75) is 19.3 Å². The number of fused-ring (bicyclic) bond motifs is 4. The van der Waals surface area contributed by atoms with Gasteiger partial charge in [0.1, 0.15) is 5.69 Å². The van der Waals surface area contributed by atoms with Gasteiger partial charge in [0.25, 0.3) is 0 Å². The molecule has 0 spiro atoms. The van der Waals surface area contributed by atoms with Crippen LogP contribution in [0, 0.1) is 0 Å². The lowest BCUT2D eigenvalue weighted by atomic mass is 9.97. The minimum atomic E-state index is -0.213. The normalized spacial score (nSPS) is 21.6. The molecule has 0 N–H and O–H groups in total. The van der Waals surface area contributed by atoms with Crippen LogP contribution < -0.4 is 10.8 Å². The second-order valence-corrected chi connectivity index (χ2v) is 6.85. The van der Waals surface area contributed by atoms with Crippen molar-refractivity contribution in [3.05, 3.63) is 64.4 Å². The Morgan fingerprint density at radius 1 is 1.18 bits per heavy atom. The number of aliphatic imine (C=N–C) groups is 1. The monoisotopic (exact) mass is 370 g/mol. The lowest BCUT2D eigenvalue weighted by molar-refractivity contribution is -0.108. The molecule has 6 heteroatoms. The number of ether oxygens (including phenoxy) is 1. The molecular weight excluding hydrogens is 352 g/mol. The Kier molecular flexibility index (Phi) is 4.09. The van der Waals surface area contributed by atoms with Crippen molar-refractivity contribution in [3.8, 4) is 0 Å². The molecule has 3 aliphatic rings. The number of aromatic nitrogens is 2. The Bertz CT molecular complexity index is 1210. The molecule has 5 rings (SSSR count). The quantitative estimate of drug-likeness (QED) is 0.610. The lowest BCUT2D eigenvalue weighted by Gasteiger charge is -2.15. The lowest BCUT2D eigenvalue weighted by Crippen LogP contribution is -2.19. The van der Waals surface area contributed by atoms with Gasteiger partial charge < -0.3 is 4.74 Å². The number of nitrogens with zero attached hydrogens (tertiary/aromatic N) is 4. The van der Waals surface area contributed by atoms with Crippen LogP contribution >= 0.6 is 0 Å². The first-order valence-electron chi connectivity index (χ1n) is 9.31. The summed E-state index contributed by atoms with van der Waals surface area (Å²) in [6.45, 7) is 0.535. The van der Waals surface area contributed by atoms with Crippen molar-refractivity contribution in [1.29, 1.82) is 0 Å². The summed E-state index contributed by atoms with van der Waals surface area (Å²) in [7, 11) is 0. The van der Waals surface area contributed by atoms with E-state index < -0.39 is 0 Å². The van der Waals surface area contributed by atoms with Gasteiger partial charge in [0, 0.05) is 23.5 Å². The average Bonchev–Trinajstić information content (AvgIpc) is 3.39. The third kappa shape index (κ3) is 3.24. The first-order valence-corrected chi connectivity index (χ1v) is 9.31. The number of allylic oxidation sites excluding steroid dienone is 3. The fourth-order valence-electron chi connectivity index (χ4n) is 3.40. The van der Waals surface area contributed by atoms with Gasteiger partial charge in [-0.25, -0.2) is 4.99 Å². The number of ketones is 1. The maximum Gasteiger partial charge on any atom is 0.199 e. The zero-order chi connectivity index (χ0) is 18.9. The van der Waals surface area contributed by atoms with E-state index in [9.17, 15) is 4.79 Å². The Morgan fingerprint density at radius 2 is 2.14 bits per heavy atom. The van der Waals surface area contributed by atoms with Crippen LogP contribution in [0.3, 0.4) is 0 Å². The van der Waals surface area contributed by atoms with Crippen molar-refractivity contribution >= 4 is 41.7 Å². The van der Waals surface area contributed by atoms with Gasteiger partial charge in [-0.3, -0.25) is 19.3 Å². The highest BCUT2D eigenvalue weighted by molar-refractivity contribution is 6.33. The van der Waals surface area contributed by atoms with Gasteiger partial charge in [-0.05, 0) is 37.0 Å². The molecule has 2 aromatic rings. The highest BCUT2D eigenvalue weighted by atomic mass is 16.5. The van der Waals surface area contributed by atoms with E-state index in [-0.39, 0.29) is 5.78 Å². The van der Waals surface area contributed by atoms with Crippen LogP contribution in [0.4, 0.5) is 5.69 Å². The van der Waals surface area contributed by atoms with E-state index in [4.69, 9.17) is 9.72 Å². The first kappa shape index (κ1) is 16.6. The number of carbonyl (C=O) groups excluding carboxylic acids is 1. The summed E-state index contributed by atoms with van der Waals surface area (Å²) < 4.78 is 7.42. The molecule has 0 atom stereocenters. The number of rotatable bonds is 0. The minimum Gasteiger partial charge on any atom is -0.501 e. The summed E-state index contributed by atoms with van der Waals surface area (Å²) >= 11 is 0. The van der Waals surface area contributed by atoms with Crippen LogP contribution in [0.5, 0.6) is 0 Å². The maximum atomic E-state index is 11.8. The highest BCUT2D eigenvalue weighted by Gasteiger charge is 2.17. The molecule has 1 aliphatic carbocycles. The molecule has 28 heavy (non-hydrogen) atoms. The smallest absolute Gasteiger partial charge is 0.199 e. The second-order valence-electron chi connectivity index (χ2n) is 6.85. The summed E-state index contributed by atoms with van der Waals surface area (Å²) in [6, 6.07) is 6.15. The molecule has 4 heterocycles. The van der Waals surface area contributed by atoms with Gasteiger partial charge in [0.2, 0.25) is 0 Å². The molecule has 0 saturated carbocycles. The molecule has 0 aromatic carbocycles. The van der Waals surface area contributed by atoms with Crippen LogP contribution in [-0.4, -0.2) is 28.2 Å². The highest BCUT2D eigenvalue weighted by Crippen LogP contribution is 2.28. The summed E-state index contributed by atoms with van der Waals surface area (Å²) in [5.41, 5.74) is 6.20. The molecule has 0 amide bonds. The molecule has 138 valence electrons. The Morgan fingerprint density at radius 3 is 3.11 bits per heavy atom. The van der Waals surface area contributed by atoms with Crippen molar-refractivity contribution in [3.63, 3.8) is 0 Å². The standard InChI is InChI=1S/C22H18N4O2/c27-19-8-10-28-9-2-5-17-7-6-15-3-1-4-16(21(15)24-17)14-26-18(12-23-13-19)11-20-22(26)25-20/h1,3,6-8,10-14H,2,4-5,9H2/b10-8-,16-14-,18-12-,23-13?. The zero-order valence-electron chi connectivity index (χ0n) is 15.2. The van der Waals surface area contributed by atoms with Gasteiger partial charge in [0.05, 0.1) is 36.3 Å². The molecule has 0 radical (unpaired) electrons. The van der Waals surface area contributed by atoms with Crippen LogP contribution in [0.2, 0.25) is 0 Å². The van der Waals surface area contributed by atoms with Crippen molar-refractivity contribution in [2.75, 3.05) is 6.61 Å². The number of pyridine rings is 1. The van der Waals surface area contributed by atoms with Gasteiger partial charge in [-0.2, -0.15) is 0 Å². The molecule has 2 aliphatic heterocycles. The van der Waals surface area contributed by atoms with Crippen LogP contribution in [0.15, 0.2) is 46.6 Å². The second kappa shape index (κ2) is 6.88. The van der Waals surface area contributed by atoms with E-state index in [0.717, 1.165) is 58.3 Å². The summed E-state index contributed by atoms with van der Waals surface area (Å²) in [6.07, 6.45) is 14.6. The van der Waals surface area contributed by atoms with Gasteiger partial charge in [-0.1, -0.05) is 18.2 Å². The van der Waals surface area contributed by atoms with E-state index in [2.05, 4.69) is 40.5 Å². The fourth-order valence-corrected chi connectivity index (χ4v) is 3.40. The van der Waals surface area contributed by atoms with E-state index >= 15 is 0 Å². The van der Waals surface area contributed by atoms with Crippen LogP contribution in [0.1, 0.15) is 29.8 Å². The molecule has 0 saturated heterocycles. The van der Waals surface area contributed by atoms with E-state index in [1.54, 1.807) is 6.20 Å². The topological polar surface area (TPSA) is 68.8 Å². The van der Waals surface area contributed by atoms with Crippen molar-refractivity contribution in [1.82, 2.24) is 9.55 Å². The third-order valence-electron chi connectivity index (χ3n) is 4.84. The Labute approximate surface area is 161 Å². The largest absolute Gasteiger partial charge is 0.501 e. The molecule has 2 aromatic heterocycles. The minimum absolute atomic E-state index is 0.213. The van der Waals surface area contributed by atoms with Gasteiger partial charge in [-0.15, -0.1) is 0 Å². The van der Waals surface area contributed by atoms with Crippen molar-refractivity contribution < 1.29 is 9.53 Å². The number of hydrogen-bond acceptors (Lipinski definition) is 5. The molecule has 6 nitrogen and oxygen atoms in total. The molecule has 2 bridgehead atoms. The predicted octanol–water partition coefficient (Wildman–Crippen LogP) is 2.42. The summed E-state index contributed by atoms with van der Waals surface area (Å²) in [5.74, 6) is -0.213. The van der Waals surface area contributed by atoms with E-state index in [1.165, 1.54) is 18.6 Å². The van der Waals surface area contributed by atoms with Gasteiger partial charge >= 0.3 is 0 Å².